The summed E-state index contributed by atoms with van der Waals surface area (Å²) >= 11 is 0. The maximum Gasteiger partial charge on any atom is 0.157 e. The first-order valence-corrected chi connectivity index (χ1v) is 14.1. The summed E-state index contributed by atoms with van der Waals surface area (Å²) in [4.78, 5) is 13.6. The lowest BCUT2D eigenvalue weighted by Crippen LogP contribution is -2.57. The summed E-state index contributed by atoms with van der Waals surface area (Å²) in [7, 11) is 0. The molecule has 190 valence electrons. The fourth-order valence-corrected chi connectivity index (χ4v) is 9.14. The van der Waals surface area contributed by atoms with Gasteiger partial charge in [0.15, 0.2) is 5.78 Å². The molecule has 5 aliphatic rings. The molecule has 0 unspecified atom stereocenters. The SMILES string of the molecule is C[C@@]1(O)CC[C@H]2[C@H](CC[C@@H]3[C@@H]2[C@H](OCC2CC2)C[C@]2(C)[C@@H](C(=O)Cn4cc(C#N)cn4)CC[C@@H]32)C1. The summed E-state index contributed by atoms with van der Waals surface area (Å²) < 4.78 is 8.43. The van der Waals surface area contributed by atoms with Gasteiger partial charge in [-0.2, -0.15) is 10.4 Å². The highest BCUT2D eigenvalue weighted by atomic mass is 16.5. The number of aromatic nitrogens is 2. The zero-order valence-corrected chi connectivity index (χ0v) is 21.4. The van der Waals surface area contributed by atoms with Gasteiger partial charge in [0.2, 0.25) is 0 Å². The molecule has 6 nitrogen and oxygen atoms in total. The van der Waals surface area contributed by atoms with E-state index >= 15 is 0 Å². The Morgan fingerprint density at radius 2 is 2.00 bits per heavy atom. The summed E-state index contributed by atoms with van der Waals surface area (Å²) in [6.07, 6.45) is 14.6. The molecule has 1 aromatic rings. The molecule has 0 bridgehead atoms. The van der Waals surface area contributed by atoms with Crippen molar-refractivity contribution in [2.45, 2.75) is 96.3 Å². The summed E-state index contributed by atoms with van der Waals surface area (Å²) in [5.74, 6) is 4.12. The fraction of sp³-hybridized carbons (Fsp3) is 0.828. The number of Topliss-reactive ketones (excluding diaryl/α,β-unsaturated/α-hetero) is 1. The van der Waals surface area contributed by atoms with Crippen molar-refractivity contribution in [1.82, 2.24) is 9.78 Å². The van der Waals surface area contributed by atoms with E-state index in [2.05, 4.69) is 18.1 Å². The number of rotatable bonds is 6. The normalized spacial score (nSPS) is 44.7. The van der Waals surface area contributed by atoms with E-state index in [-0.39, 0.29) is 29.8 Å². The summed E-state index contributed by atoms with van der Waals surface area (Å²) in [6, 6.07) is 2.11. The third kappa shape index (κ3) is 4.27. The minimum absolute atomic E-state index is 0.0231. The van der Waals surface area contributed by atoms with E-state index in [1.807, 2.05) is 6.92 Å². The lowest BCUT2D eigenvalue weighted by molar-refractivity contribution is -0.170. The summed E-state index contributed by atoms with van der Waals surface area (Å²) in [6.45, 7) is 5.56. The van der Waals surface area contributed by atoms with Crippen LogP contribution in [0.25, 0.3) is 0 Å². The quantitative estimate of drug-likeness (QED) is 0.636. The van der Waals surface area contributed by atoms with Crippen LogP contribution in [-0.2, 0) is 16.1 Å². The van der Waals surface area contributed by atoms with Gasteiger partial charge in [0.25, 0.3) is 0 Å². The van der Waals surface area contributed by atoms with Crippen molar-refractivity contribution >= 4 is 5.78 Å². The molecule has 35 heavy (non-hydrogen) atoms. The fourth-order valence-electron chi connectivity index (χ4n) is 9.14. The van der Waals surface area contributed by atoms with Crippen molar-refractivity contribution in [3.05, 3.63) is 18.0 Å². The van der Waals surface area contributed by atoms with Crippen LogP contribution >= 0.6 is 0 Å². The van der Waals surface area contributed by atoms with Crippen LogP contribution in [0.4, 0.5) is 0 Å². The molecule has 1 aromatic heterocycles. The predicted octanol–water partition coefficient (Wildman–Crippen LogP) is 4.75. The van der Waals surface area contributed by atoms with Crippen molar-refractivity contribution in [2.75, 3.05) is 6.61 Å². The lowest BCUT2D eigenvalue weighted by atomic mass is 9.48. The third-order valence-electron chi connectivity index (χ3n) is 10.9. The molecule has 0 saturated heterocycles. The maximum atomic E-state index is 13.6. The Bertz CT molecular complexity index is 1010. The first-order valence-electron chi connectivity index (χ1n) is 14.1. The van der Waals surface area contributed by atoms with Crippen LogP contribution in [0.3, 0.4) is 0 Å². The molecule has 6 rings (SSSR count). The number of carbonyl (C=O) groups is 1. The molecule has 1 heterocycles. The second-order valence-corrected chi connectivity index (χ2v) is 13.2. The van der Waals surface area contributed by atoms with Crippen molar-refractivity contribution in [3.8, 4) is 6.07 Å². The van der Waals surface area contributed by atoms with Gasteiger partial charge in [0.1, 0.15) is 6.07 Å². The van der Waals surface area contributed by atoms with Crippen LogP contribution in [-0.4, -0.2) is 39.0 Å². The van der Waals surface area contributed by atoms with Crippen LogP contribution in [0.5, 0.6) is 0 Å². The van der Waals surface area contributed by atoms with Crippen LogP contribution in [0.1, 0.15) is 83.6 Å². The first kappa shape index (κ1) is 23.7. The molecule has 5 fully saturated rings. The number of ketones is 1. The molecule has 5 saturated carbocycles. The van der Waals surface area contributed by atoms with E-state index in [0.29, 0.717) is 35.2 Å². The van der Waals surface area contributed by atoms with Gasteiger partial charge in [-0.3, -0.25) is 9.48 Å². The summed E-state index contributed by atoms with van der Waals surface area (Å²) in [5, 5.41) is 24.2. The van der Waals surface area contributed by atoms with Crippen LogP contribution in [0, 0.1) is 58.2 Å². The Labute approximate surface area is 209 Å². The highest BCUT2D eigenvalue weighted by Gasteiger charge is 2.62. The molecule has 0 aromatic carbocycles. The molecule has 1 N–H and O–H groups in total. The number of hydrogen-bond donors (Lipinski definition) is 1. The first-order chi connectivity index (χ1) is 16.8. The van der Waals surface area contributed by atoms with E-state index in [1.165, 1.54) is 25.7 Å². The van der Waals surface area contributed by atoms with Gasteiger partial charge in [-0.25, -0.2) is 0 Å². The number of aliphatic hydroxyl groups is 1. The maximum absolute atomic E-state index is 13.6. The van der Waals surface area contributed by atoms with Crippen molar-refractivity contribution < 1.29 is 14.6 Å². The van der Waals surface area contributed by atoms with Crippen molar-refractivity contribution in [1.29, 1.82) is 5.26 Å². The number of nitriles is 1. The monoisotopic (exact) mass is 479 g/mol. The molecule has 0 radical (unpaired) electrons. The highest BCUT2D eigenvalue weighted by Crippen LogP contribution is 2.65. The Hall–Kier alpha value is -1.71. The van der Waals surface area contributed by atoms with E-state index in [9.17, 15) is 9.90 Å². The Morgan fingerprint density at radius 3 is 2.74 bits per heavy atom. The van der Waals surface area contributed by atoms with E-state index in [0.717, 1.165) is 51.0 Å². The standard InChI is InChI=1S/C29H41N3O3/c1-28(34)10-9-21-20(11-28)5-6-22-23-7-8-24(25(33)16-32-15-19(13-30)14-31-32)29(23,2)12-26(27(21)22)35-17-18-3-4-18/h14-15,18,20-24,26-27,34H,3-12,16-17H2,1-2H3/t20-,21+,22+,23+,24-,26-,27-,28-,29+/m1/s1. The van der Waals surface area contributed by atoms with E-state index in [1.54, 1.807) is 17.1 Å². The van der Waals surface area contributed by atoms with Crippen LogP contribution < -0.4 is 0 Å². The van der Waals surface area contributed by atoms with Crippen molar-refractivity contribution in [3.63, 3.8) is 0 Å². The van der Waals surface area contributed by atoms with Gasteiger partial charge in [-0.15, -0.1) is 0 Å². The minimum Gasteiger partial charge on any atom is -0.390 e. The zero-order valence-electron chi connectivity index (χ0n) is 21.4. The highest BCUT2D eigenvalue weighted by molar-refractivity contribution is 5.82. The number of hydrogen-bond acceptors (Lipinski definition) is 5. The molecule has 9 atom stereocenters. The third-order valence-corrected chi connectivity index (χ3v) is 10.9. The molecular formula is C29H41N3O3. The molecular weight excluding hydrogens is 438 g/mol. The van der Waals surface area contributed by atoms with Crippen molar-refractivity contribution in [2.24, 2.45) is 46.8 Å². The number of nitrogens with zero attached hydrogens (tertiary/aromatic N) is 3. The van der Waals surface area contributed by atoms with E-state index < -0.39 is 5.60 Å². The topological polar surface area (TPSA) is 88.1 Å². The molecule has 0 aliphatic heterocycles. The summed E-state index contributed by atoms with van der Waals surface area (Å²) in [5.41, 5.74) is -0.0276. The van der Waals surface area contributed by atoms with Gasteiger partial charge in [-0.05, 0) is 112 Å². The van der Waals surface area contributed by atoms with Gasteiger partial charge in [0, 0.05) is 18.7 Å². The minimum atomic E-state index is -0.510. The Balaban J connectivity index is 1.25. The predicted molar refractivity (Wildman–Crippen MR) is 131 cm³/mol. The number of ether oxygens (including phenoxy) is 1. The van der Waals surface area contributed by atoms with E-state index in [4.69, 9.17) is 10.00 Å². The number of fused-ring (bicyclic) bond motifs is 5. The van der Waals surface area contributed by atoms with Gasteiger partial charge in [0.05, 0.1) is 30.0 Å². The van der Waals surface area contributed by atoms with Gasteiger partial charge in [-0.1, -0.05) is 6.92 Å². The largest absolute Gasteiger partial charge is 0.390 e. The van der Waals surface area contributed by atoms with Gasteiger partial charge < -0.3 is 9.84 Å². The zero-order chi connectivity index (χ0) is 24.4. The average Bonchev–Trinajstić information content (AvgIpc) is 3.43. The average molecular weight is 480 g/mol. The van der Waals surface area contributed by atoms with Crippen LogP contribution in [0.15, 0.2) is 12.4 Å². The molecule has 6 heteroatoms. The molecule has 5 aliphatic carbocycles. The Morgan fingerprint density at radius 1 is 1.17 bits per heavy atom. The molecule has 0 amide bonds. The Kier molecular flexibility index (Phi) is 5.88. The van der Waals surface area contributed by atoms with Gasteiger partial charge >= 0.3 is 0 Å². The molecule has 0 spiro atoms. The smallest absolute Gasteiger partial charge is 0.157 e. The lowest BCUT2D eigenvalue weighted by Gasteiger charge is -2.59. The second kappa shape index (κ2) is 8.70. The van der Waals surface area contributed by atoms with Crippen LogP contribution in [0.2, 0.25) is 0 Å². The number of carbonyl (C=O) groups excluding carboxylic acids is 1. The second-order valence-electron chi connectivity index (χ2n) is 13.2.